The summed E-state index contributed by atoms with van der Waals surface area (Å²) in [5.74, 6) is -0.568. The molecule has 14 heteroatoms. The highest BCUT2D eigenvalue weighted by atomic mass is 31.2. The van der Waals surface area contributed by atoms with Crippen LogP contribution in [0.4, 0.5) is 5.82 Å². The number of anilines is 1. The number of aromatic nitrogens is 4. The van der Waals surface area contributed by atoms with E-state index in [2.05, 4.69) is 20.0 Å². The summed E-state index contributed by atoms with van der Waals surface area (Å²) in [6, 6.07) is 0. The number of nitrogens with two attached hydrogens (primary N) is 1. The highest BCUT2D eigenvalue weighted by molar-refractivity contribution is 7.56. The minimum absolute atomic E-state index is 0.0263. The summed E-state index contributed by atoms with van der Waals surface area (Å²) in [6.45, 7) is 10.8. The third kappa shape index (κ3) is 7.49. The monoisotopic (exact) mass is 554 g/mol. The number of esters is 2. The number of carbonyl (C=O) groups is 2. The lowest BCUT2D eigenvalue weighted by molar-refractivity contribution is -0.153. The van der Waals surface area contributed by atoms with E-state index in [1.54, 1.807) is 52.4 Å². The summed E-state index contributed by atoms with van der Waals surface area (Å²) in [7, 11) is -3.74. The van der Waals surface area contributed by atoms with Crippen molar-refractivity contribution in [1.29, 1.82) is 0 Å². The van der Waals surface area contributed by atoms with Crippen molar-refractivity contribution in [3.05, 3.63) is 12.7 Å². The Labute approximate surface area is 222 Å². The molecule has 0 spiro atoms. The van der Waals surface area contributed by atoms with E-state index in [0.29, 0.717) is 43.6 Å². The lowest BCUT2D eigenvalue weighted by atomic mass is 10.0. The Balaban J connectivity index is 1.68. The van der Waals surface area contributed by atoms with Crippen molar-refractivity contribution < 1.29 is 32.9 Å². The molecule has 2 unspecified atom stereocenters. The standard InChI is InChI=1S/C24H39N6O7P/c1-7-34-22(32)24(8-9-24)10-11-36-38(33,29-23(5,6)21(31)37-16(2)3)15-35-17(4)12-30-14-28-18-19(25)26-13-27-20(18)30/h13-14,16-17H,7-12,15H2,1-6H3,(H,29,33)(H2,25,26,27). The van der Waals surface area contributed by atoms with Gasteiger partial charge >= 0.3 is 11.9 Å². The zero-order valence-electron chi connectivity index (χ0n) is 22.9. The van der Waals surface area contributed by atoms with Gasteiger partial charge in [0.15, 0.2) is 11.5 Å². The summed E-state index contributed by atoms with van der Waals surface area (Å²) >= 11 is 0. The Bertz CT molecular complexity index is 1180. The van der Waals surface area contributed by atoms with Crippen molar-refractivity contribution in [3.8, 4) is 0 Å². The number of carbonyl (C=O) groups excluding carboxylic acids is 2. The van der Waals surface area contributed by atoms with E-state index in [9.17, 15) is 14.2 Å². The van der Waals surface area contributed by atoms with Gasteiger partial charge in [0.1, 0.15) is 23.7 Å². The number of fused-ring (bicyclic) bond motifs is 1. The summed E-state index contributed by atoms with van der Waals surface area (Å²) in [5, 5.41) is 2.85. The Morgan fingerprint density at radius 2 is 1.95 bits per heavy atom. The van der Waals surface area contributed by atoms with Gasteiger partial charge in [-0.2, -0.15) is 0 Å². The zero-order valence-corrected chi connectivity index (χ0v) is 23.8. The topological polar surface area (TPSA) is 170 Å². The third-order valence-corrected chi connectivity index (χ3v) is 8.15. The van der Waals surface area contributed by atoms with Crippen LogP contribution >= 0.6 is 7.52 Å². The van der Waals surface area contributed by atoms with Crippen LogP contribution in [0, 0.1) is 5.41 Å². The largest absolute Gasteiger partial charge is 0.466 e. The van der Waals surface area contributed by atoms with Crippen LogP contribution in [-0.4, -0.2) is 68.8 Å². The molecule has 2 aromatic heterocycles. The molecule has 3 rings (SSSR count). The Kier molecular flexibility index (Phi) is 9.51. The summed E-state index contributed by atoms with van der Waals surface area (Å²) in [5.41, 5.74) is 4.97. The van der Waals surface area contributed by atoms with Gasteiger partial charge in [-0.05, 0) is 60.8 Å². The van der Waals surface area contributed by atoms with E-state index in [1.807, 2.05) is 0 Å². The number of nitrogens with zero attached hydrogens (tertiary/aromatic N) is 4. The first kappa shape index (κ1) is 29.9. The van der Waals surface area contributed by atoms with E-state index in [-0.39, 0.29) is 30.8 Å². The van der Waals surface area contributed by atoms with Gasteiger partial charge in [0.2, 0.25) is 0 Å². The molecule has 0 aliphatic heterocycles. The molecule has 0 aromatic carbocycles. The van der Waals surface area contributed by atoms with Crippen LogP contribution < -0.4 is 10.8 Å². The van der Waals surface area contributed by atoms with Crippen molar-refractivity contribution in [2.75, 3.05) is 25.3 Å². The maximum Gasteiger partial charge on any atom is 0.326 e. The highest BCUT2D eigenvalue weighted by Gasteiger charge is 2.51. The lowest BCUT2D eigenvalue weighted by Gasteiger charge is -2.31. The van der Waals surface area contributed by atoms with Crippen molar-refractivity contribution in [1.82, 2.24) is 24.6 Å². The van der Waals surface area contributed by atoms with Crippen LogP contribution in [0.5, 0.6) is 0 Å². The van der Waals surface area contributed by atoms with Crippen molar-refractivity contribution >= 4 is 36.4 Å². The fourth-order valence-corrected chi connectivity index (χ4v) is 5.89. The van der Waals surface area contributed by atoms with Gasteiger partial charge < -0.3 is 29.0 Å². The highest BCUT2D eigenvalue weighted by Crippen LogP contribution is 2.52. The van der Waals surface area contributed by atoms with Gasteiger partial charge in [0.05, 0.1) is 43.7 Å². The zero-order chi connectivity index (χ0) is 28.1. The second-order valence-corrected chi connectivity index (χ2v) is 12.5. The molecular formula is C24H39N6O7P. The fraction of sp³-hybridized carbons (Fsp3) is 0.708. The maximum atomic E-state index is 13.9. The van der Waals surface area contributed by atoms with E-state index in [0.717, 1.165) is 0 Å². The average molecular weight is 555 g/mol. The number of nitrogens with one attached hydrogen (secondary N) is 1. The van der Waals surface area contributed by atoms with Crippen LogP contribution in [0.2, 0.25) is 0 Å². The first-order valence-electron chi connectivity index (χ1n) is 12.7. The van der Waals surface area contributed by atoms with Crippen LogP contribution in [0.1, 0.15) is 60.8 Å². The number of hydrogen-bond donors (Lipinski definition) is 2. The lowest BCUT2D eigenvalue weighted by Crippen LogP contribution is -2.47. The van der Waals surface area contributed by atoms with Crippen LogP contribution in [0.25, 0.3) is 11.2 Å². The normalized spacial score (nSPS) is 17.2. The van der Waals surface area contributed by atoms with Crippen LogP contribution in [0.15, 0.2) is 12.7 Å². The van der Waals surface area contributed by atoms with Crippen molar-refractivity contribution in [2.45, 2.75) is 85.1 Å². The molecule has 3 N–H and O–H groups in total. The molecule has 0 amide bonds. The molecule has 2 heterocycles. The minimum atomic E-state index is -3.74. The molecule has 212 valence electrons. The van der Waals surface area contributed by atoms with Gasteiger partial charge in [-0.1, -0.05) is 0 Å². The first-order valence-corrected chi connectivity index (χ1v) is 14.6. The van der Waals surface area contributed by atoms with Crippen LogP contribution in [0.3, 0.4) is 0 Å². The minimum Gasteiger partial charge on any atom is -0.466 e. The van der Waals surface area contributed by atoms with E-state index < -0.39 is 30.5 Å². The van der Waals surface area contributed by atoms with E-state index in [4.69, 9.17) is 24.5 Å². The smallest absolute Gasteiger partial charge is 0.326 e. The number of hydrogen-bond acceptors (Lipinski definition) is 11. The SMILES string of the molecule is CCOC(=O)C1(CCOP(=O)(COC(C)Cn2cnc3c(N)ncnc32)NC(C)(C)C(=O)OC(C)C)CC1. The second kappa shape index (κ2) is 12.1. The van der Waals surface area contributed by atoms with Gasteiger partial charge in [-0.15, -0.1) is 0 Å². The molecule has 2 aromatic rings. The number of rotatable bonds is 15. The maximum absolute atomic E-state index is 13.9. The molecule has 1 aliphatic rings. The van der Waals surface area contributed by atoms with Crippen molar-refractivity contribution in [3.63, 3.8) is 0 Å². The molecule has 1 saturated carbocycles. The Morgan fingerprint density at radius 1 is 1.24 bits per heavy atom. The number of imidazole rings is 1. The summed E-state index contributed by atoms with van der Waals surface area (Å²) in [4.78, 5) is 37.4. The first-order chi connectivity index (χ1) is 17.8. The van der Waals surface area contributed by atoms with Gasteiger partial charge in [-0.25, -0.2) is 20.0 Å². The van der Waals surface area contributed by atoms with E-state index in [1.165, 1.54) is 6.33 Å². The molecule has 0 radical (unpaired) electrons. The Morgan fingerprint density at radius 3 is 2.58 bits per heavy atom. The van der Waals surface area contributed by atoms with Crippen molar-refractivity contribution in [2.24, 2.45) is 5.41 Å². The van der Waals surface area contributed by atoms with Gasteiger partial charge in [-0.3, -0.25) is 14.2 Å². The third-order valence-electron chi connectivity index (χ3n) is 6.16. The molecular weight excluding hydrogens is 515 g/mol. The average Bonchev–Trinajstić information content (AvgIpc) is 3.51. The predicted octanol–water partition coefficient (Wildman–Crippen LogP) is 3.03. The fourth-order valence-electron chi connectivity index (χ4n) is 3.90. The molecule has 1 aliphatic carbocycles. The molecule has 2 atom stereocenters. The predicted molar refractivity (Wildman–Crippen MR) is 140 cm³/mol. The van der Waals surface area contributed by atoms with Crippen LogP contribution in [-0.2, 0) is 39.4 Å². The second-order valence-electron chi connectivity index (χ2n) is 10.4. The summed E-state index contributed by atoms with van der Waals surface area (Å²) < 4.78 is 38.0. The Hall–Kier alpha value is -2.60. The molecule has 38 heavy (non-hydrogen) atoms. The molecule has 0 saturated heterocycles. The molecule has 1 fully saturated rings. The molecule has 0 bridgehead atoms. The van der Waals surface area contributed by atoms with Gasteiger partial charge in [0.25, 0.3) is 7.52 Å². The number of ether oxygens (including phenoxy) is 3. The summed E-state index contributed by atoms with van der Waals surface area (Å²) in [6.07, 6.45) is 3.59. The van der Waals surface area contributed by atoms with Gasteiger partial charge in [0, 0.05) is 0 Å². The molecule has 13 nitrogen and oxygen atoms in total. The van der Waals surface area contributed by atoms with E-state index >= 15 is 0 Å². The quantitative estimate of drug-likeness (QED) is 0.244. The number of nitrogen functional groups attached to an aromatic ring is 1.